The van der Waals surface area contributed by atoms with Crippen molar-refractivity contribution in [2.75, 3.05) is 38.6 Å². The van der Waals surface area contributed by atoms with Gasteiger partial charge in [-0.15, -0.1) is 0 Å². The highest BCUT2D eigenvalue weighted by Crippen LogP contribution is 2.17. The van der Waals surface area contributed by atoms with Crippen LogP contribution in [-0.4, -0.2) is 60.6 Å². The molecule has 1 unspecified atom stereocenters. The van der Waals surface area contributed by atoms with Gasteiger partial charge in [0.05, 0.1) is 13.2 Å². The second kappa shape index (κ2) is 6.64. The van der Waals surface area contributed by atoms with Crippen molar-refractivity contribution in [3.05, 3.63) is 24.4 Å². The lowest BCUT2D eigenvalue weighted by Gasteiger charge is -2.38. The van der Waals surface area contributed by atoms with Gasteiger partial charge < -0.3 is 15.4 Å². The van der Waals surface area contributed by atoms with E-state index in [0.29, 0.717) is 25.5 Å². The Morgan fingerprint density at radius 2 is 2.29 bits per heavy atom. The van der Waals surface area contributed by atoms with Gasteiger partial charge in [0, 0.05) is 26.3 Å². The number of anilines is 1. The smallest absolute Gasteiger partial charge is 0.253 e. The second-order valence-electron chi connectivity index (χ2n) is 5.13. The SMILES string of the molecule is CNC(=O)C1(C)CN(CC(=O)Nc2ccccn2)CCO1. The minimum absolute atomic E-state index is 0.158. The van der Waals surface area contributed by atoms with E-state index in [2.05, 4.69) is 15.6 Å². The van der Waals surface area contributed by atoms with E-state index in [1.165, 1.54) is 0 Å². The summed E-state index contributed by atoms with van der Waals surface area (Å²) in [5.41, 5.74) is -0.918. The Labute approximate surface area is 123 Å². The van der Waals surface area contributed by atoms with Gasteiger partial charge in [-0.25, -0.2) is 4.98 Å². The van der Waals surface area contributed by atoms with Crippen molar-refractivity contribution < 1.29 is 14.3 Å². The number of ether oxygens (including phenoxy) is 1. The molecule has 0 bridgehead atoms. The third-order valence-corrected chi connectivity index (χ3v) is 3.36. The molecule has 114 valence electrons. The van der Waals surface area contributed by atoms with Crippen molar-refractivity contribution >= 4 is 17.6 Å². The van der Waals surface area contributed by atoms with Gasteiger partial charge in [0.15, 0.2) is 5.60 Å². The van der Waals surface area contributed by atoms with E-state index in [4.69, 9.17) is 4.74 Å². The van der Waals surface area contributed by atoms with E-state index in [9.17, 15) is 9.59 Å². The van der Waals surface area contributed by atoms with Crippen LogP contribution in [0.3, 0.4) is 0 Å². The summed E-state index contributed by atoms with van der Waals surface area (Å²) in [6, 6.07) is 5.32. The van der Waals surface area contributed by atoms with Crippen LogP contribution in [0.15, 0.2) is 24.4 Å². The van der Waals surface area contributed by atoms with Crippen LogP contribution < -0.4 is 10.6 Å². The lowest BCUT2D eigenvalue weighted by atomic mass is 10.0. The zero-order valence-corrected chi connectivity index (χ0v) is 12.3. The highest BCUT2D eigenvalue weighted by Gasteiger charge is 2.38. The van der Waals surface area contributed by atoms with E-state index >= 15 is 0 Å². The molecule has 0 aliphatic carbocycles. The zero-order valence-electron chi connectivity index (χ0n) is 12.3. The quantitative estimate of drug-likeness (QED) is 0.807. The Hall–Kier alpha value is -1.99. The largest absolute Gasteiger partial charge is 0.363 e. The van der Waals surface area contributed by atoms with E-state index in [0.717, 1.165) is 0 Å². The van der Waals surface area contributed by atoms with Crippen molar-refractivity contribution in [1.29, 1.82) is 0 Å². The molecule has 2 rings (SSSR count). The number of pyridine rings is 1. The molecule has 21 heavy (non-hydrogen) atoms. The number of likely N-dealkylation sites (N-methyl/N-ethyl adjacent to an activating group) is 1. The summed E-state index contributed by atoms with van der Waals surface area (Å²) in [5, 5.41) is 5.31. The average molecular weight is 292 g/mol. The highest BCUT2D eigenvalue weighted by molar-refractivity contribution is 5.91. The lowest BCUT2D eigenvalue weighted by Crippen LogP contribution is -2.58. The predicted octanol–water partition coefficient (Wildman–Crippen LogP) is -0.143. The van der Waals surface area contributed by atoms with Crippen LogP contribution in [0.25, 0.3) is 0 Å². The lowest BCUT2D eigenvalue weighted by molar-refractivity contribution is -0.156. The number of carbonyl (C=O) groups excluding carboxylic acids is 2. The summed E-state index contributed by atoms with van der Waals surface area (Å²) in [7, 11) is 1.57. The van der Waals surface area contributed by atoms with Crippen molar-refractivity contribution in [3.63, 3.8) is 0 Å². The van der Waals surface area contributed by atoms with Gasteiger partial charge >= 0.3 is 0 Å². The van der Waals surface area contributed by atoms with Crippen LogP contribution in [0.5, 0.6) is 0 Å². The normalized spacial score (nSPS) is 22.6. The number of nitrogens with zero attached hydrogens (tertiary/aromatic N) is 2. The number of rotatable bonds is 4. The molecule has 1 aromatic rings. The standard InChI is InChI=1S/C14H20N4O3/c1-14(13(20)15-2)10-18(7-8-21-14)9-12(19)17-11-5-3-4-6-16-11/h3-6H,7-10H2,1-2H3,(H,15,20)(H,16,17,19). The Morgan fingerprint density at radius 3 is 2.95 bits per heavy atom. The number of hydrogen-bond donors (Lipinski definition) is 2. The molecule has 2 N–H and O–H groups in total. The Bertz CT molecular complexity index is 508. The monoisotopic (exact) mass is 292 g/mol. The van der Waals surface area contributed by atoms with Crippen LogP contribution in [0.1, 0.15) is 6.92 Å². The number of hydrogen-bond acceptors (Lipinski definition) is 5. The fraction of sp³-hybridized carbons (Fsp3) is 0.500. The Kier molecular flexibility index (Phi) is 4.87. The fourth-order valence-electron chi connectivity index (χ4n) is 2.31. The van der Waals surface area contributed by atoms with E-state index in [1.54, 1.807) is 38.4 Å². The Balaban J connectivity index is 1.90. The number of nitrogens with one attached hydrogen (secondary N) is 2. The topological polar surface area (TPSA) is 83.6 Å². The Morgan fingerprint density at radius 1 is 1.48 bits per heavy atom. The zero-order chi connectivity index (χ0) is 15.3. The first-order chi connectivity index (χ1) is 10.0. The number of aromatic nitrogens is 1. The minimum atomic E-state index is -0.918. The summed E-state index contributed by atoms with van der Waals surface area (Å²) in [5.74, 6) is 0.178. The summed E-state index contributed by atoms with van der Waals surface area (Å²) in [6.07, 6.45) is 1.62. The van der Waals surface area contributed by atoms with Crippen molar-refractivity contribution in [2.24, 2.45) is 0 Å². The number of amides is 2. The second-order valence-corrected chi connectivity index (χ2v) is 5.13. The van der Waals surface area contributed by atoms with Crippen molar-refractivity contribution in [3.8, 4) is 0 Å². The first kappa shape index (κ1) is 15.4. The molecule has 2 heterocycles. The molecule has 0 spiro atoms. The molecular formula is C14H20N4O3. The van der Waals surface area contributed by atoms with Gasteiger partial charge in [-0.1, -0.05) is 6.07 Å². The van der Waals surface area contributed by atoms with Gasteiger partial charge in [0.1, 0.15) is 5.82 Å². The molecule has 1 aliphatic heterocycles. The summed E-state index contributed by atoms with van der Waals surface area (Å²) >= 11 is 0. The molecule has 7 heteroatoms. The molecule has 1 aromatic heterocycles. The first-order valence-corrected chi connectivity index (χ1v) is 6.83. The van der Waals surface area contributed by atoms with Crippen LogP contribution in [-0.2, 0) is 14.3 Å². The predicted molar refractivity (Wildman–Crippen MR) is 77.7 cm³/mol. The summed E-state index contributed by atoms with van der Waals surface area (Å²) in [4.78, 5) is 29.8. The molecule has 0 radical (unpaired) electrons. The molecule has 1 aliphatic rings. The molecule has 1 atom stereocenters. The summed E-state index contributed by atoms with van der Waals surface area (Å²) < 4.78 is 5.55. The molecule has 0 aromatic carbocycles. The maximum absolute atomic E-state index is 12.0. The van der Waals surface area contributed by atoms with E-state index in [1.807, 2.05) is 4.90 Å². The van der Waals surface area contributed by atoms with Gasteiger partial charge in [-0.3, -0.25) is 14.5 Å². The van der Waals surface area contributed by atoms with Gasteiger partial charge in [-0.05, 0) is 19.1 Å². The van der Waals surface area contributed by atoms with Gasteiger partial charge in [0.25, 0.3) is 5.91 Å². The third-order valence-electron chi connectivity index (χ3n) is 3.36. The molecule has 1 saturated heterocycles. The molecule has 0 saturated carbocycles. The van der Waals surface area contributed by atoms with Crippen LogP contribution in [0.2, 0.25) is 0 Å². The first-order valence-electron chi connectivity index (χ1n) is 6.83. The van der Waals surface area contributed by atoms with Crippen molar-refractivity contribution in [2.45, 2.75) is 12.5 Å². The highest BCUT2D eigenvalue weighted by atomic mass is 16.5. The number of morpholine rings is 1. The molecule has 2 amide bonds. The fourth-order valence-corrected chi connectivity index (χ4v) is 2.31. The molecular weight excluding hydrogens is 272 g/mol. The summed E-state index contributed by atoms with van der Waals surface area (Å²) in [6.45, 7) is 3.34. The maximum atomic E-state index is 12.0. The van der Waals surface area contributed by atoms with Crippen LogP contribution in [0.4, 0.5) is 5.82 Å². The third kappa shape index (κ3) is 3.99. The number of carbonyl (C=O) groups is 2. The van der Waals surface area contributed by atoms with Gasteiger partial charge in [-0.2, -0.15) is 0 Å². The van der Waals surface area contributed by atoms with Gasteiger partial charge in [0.2, 0.25) is 5.91 Å². The van der Waals surface area contributed by atoms with E-state index in [-0.39, 0.29) is 18.4 Å². The van der Waals surface area contributed by atoms with Crippen LogP contribution >= 0.6 is 0 Å². The van der Waals surface area contributed by atoms with Crippen molar-refractivity contribution in [1.82, 2.24) is 15.2 Å². The molecule has 1 fully saturated rings. The molecule has 7 nitrogen and oxygen atoms in total. The minimum Gasteiger partial charge on any atom is -0.363 e. The average Bonchev–Trinajstić information content (AvgIpc) is 2.47. The van der Waals surface area contributed by atoms with Crippen LogP contribution in [0, 0.1) is 0 Å². The van der Waals surface area contributed by atoms with E-state index < -0.39 is 5.60 Å². The maximum Gasteiger partial charge on any atom is 0.253 e.